The van der Waals surface area contributed by atoms with Gasteiger partial charge in [-0.05, 0) is 69.3 Å². The largest absolute Gasteiger partial charge is 0.327 e. The molecule has 61 heavy (non-hydrogen) atoms. The number of aromatic nitrogens is 5. The first-order chi connectivity index (χ1) is 30.2. The Labute approximate surface area is 354 Å². The van der Waals surface area contributed by atoms with E-state index in [9.17, 15) is 0 Å². The molecule has 0 saturated heterocycles. The zero-order valence-electron chi connectivity index (χ0n) is 33.5. The van der Waals surface area contributed by atoms with Crippen molar-refractivity contribution in [3.63, 3.8) is 0 Å². The first kappa shape index (κ1) is 35.2. The van der Waals surface area contributed by atoms with Crippen molar-refractivity contribution in [1.29, 1.82) is 0 Å². The van der Waals surface area contributed by atoms with Crippen molar-refractivity contribution in [3.8, 4) is 22.8 Å². The molecule has 0 atom stereocenters. The zero-order chi connectivity index (χ0) is 40.5. The lowest BCUT2D eigenvalue weighted by atomic mass is 10.1. The minimum Gasteiger partial charge on any atom is -0.327 e. The van der Waals surface area contributed by atoms with E-state index < -0.39 is 8.07 Å². The van der Waals surface area contributed by atoms with Crippen molar-refractivity contribution in [3.05, 3.63) is 219 Å². The zero-order valence-corrected chi connectivity index (χ0v) is 34.5. The van der Waals surface area contributed by atoms with Crippen LogP contribution in [0.3, 0.4) is 0 Å². The number of pyridine rings is 1. The van der Waals surface area contributed by atoms with Gasteiger partial charge < -0.3 is 9.13 Å². The predicted molar refractivity (Wildman–Crippen MR) is 256 cm³/mol. The summed E-state index contributed by atoms with van der Waals surface area (Å²) >= 11 is 0. The first-order valence-electron chi connectivity index (χ1n) is 20.8. The number of hydrogen-bond acceptors (Lipinski definition) is 2. The molecule has 0 amide bonds. The van der Waals surface area contributed by atoms with Gasteiger partial charge in [0, 0.05) is 46.3 Å². The van der Waals surface area contributed by atoms with Crippen LogP contribution in [-0.2, 0) is 7.05 Å². The summed E-state index contributed by atoms with van der Waals surface area (Å²) in [6.45, 7) is 0. The highest BCUT2D eigenvalue weighted by Crippen LogP contribution is 2.41. The van der Waals surface area contributed by atoms with Gasteiger partial charge in [-0.1, -0.05) is 164 Å². The second kappa shape index (κ2) is 13.9. The van der Waals surface area contributed by atoms with Crippen LogP contribution in [-0.4, -0.2) is 31.7 Å². The summed E-state index contributed by atoms with van der Waals surface area (Å²) in [6, 6.07) is 77.3. The third-order valence-electron chi connectivity index (χ3n) is 12.6. The monoisotopic (exact) mass is 797 g/mol. The number of nitrogens with zero attached hydrogens (tertiary/aromatic N) is 5. The van der Waals surface area contributed by atoms with Gasteiger partial charge in [-0.15, -0.1) is 0 Å². The molecule has 0 spiro atoms. The lowest BCUT2D eigenvalue weighted by molar-refractivity contribution is 0.959. The number of hydrogen-bond donors (Lipinski definition) is 0. The van der Waals surface area contributed by atoms with Crippen LogP contribution < -0.4 is 20.7 Å². The quantitative estimate of drug-likeness (QED) is 0.119. The molecule has 0 aliphatic rings. The van der Waals surface area contributed by atoms with Crippen molar-refractivity contribution in [1.82, 2.24) is 23.7 Å². The second-order valence-electron chi connectivity index (χ2n) is 15.9. The topological polar surface area (TPSA) is 40.6 Å². The summed E-state index contributed by atoms with van der Waals surface area (Å²) in [4.78, 5) is 10.5. The molecule has 0 bridgehead atoms. The van der Waals surface area contributed by atoms with Crippen LogP contribution in [0.1, 0.15) is 0 Å². The molecule has 288 valence electrons. The number of imidazole rings is 1. The van der Waals surface area contributed by atoms with Crippen LogP contribution in [0, 0.1) is 0 Å². The van der Waals surface area contributed by atoms with Crippen LogP contribution >= 0.6 is 0 Å². The maximum absolute atomic E-state index is 5.37. The fourth-order valence-electron chi connectivity index (χ4n) is 10.0. The van der Waals surface area contributed by atoms with Crippen LogP contribution in [0.5, 0.6) is 0 Å². The smallest absolute Gasteiger partial charge is 0.179 e. The highest BCUT2D eigenvalue weighted by Gasteiger charge is 2.42. The molecule has 6 heteroatoms. The van der Waals surface area contributed by atoms with Crippen molar-refractivity contribution < 1.29 is 0 Å². The minimum absolute atomic E-state index is 0.932. The third-order valence-corrected chi connectivity index (χ3v) is 17.4. The highest BCUT2D eigenvalue weighted by molar-refractivity contribution is 7.20. The van der Waals surface area contributed by atoms with E-state index in [0.717, 1.165) is 55.7 Å². The molecule has 0 aliphatic carbocycles. The Morgan fingerprint density at radius 3 is 1.67 bits per heavy atom. The molecule has 4 heterocycles. The Balaban J connectivity index is 1.15. The van der Waals surface area contributed by atoms with Gasteiger partial charge in [0.25, 0.3) is 0 Å². The van der Waals surface area contributed by atoms with Gasteiger partial charge in [-0.25, -0.2) is 9.97 Å². The average molecular weight is 798 g/mol. The van der Waals surface area contributed by atoms with E-state index in [4.69, 9.17) is 9.97 Å². The SMILES string of the molecule is Cn1c(-c2cccc([Si](c3ccccc3)(c3ccccc3)c3cccc(-n4c5ccccc5c5c4ncc4c6ccccc6n(-c6ccccc6)c45)c3)c2)nc2ccccc21. The van der Waals surface area contributed by atoms with E-state index in [1.54, 1.807) is 0 Å². The number of benzene rings is 8. The van der Waals surface area contributed by atoms with Crippen molar-refractivity contribution in [2.24, 2.45) is 7.05 Å². The fraction of sp³-hybridized carbons (Fsp3) is 0.0182. The van der Waals surface area contributed by atoms with Crippen molar-refractivity contribution in [2.45, 2.75) is 0 Å². The summed E-state index contributed by atoms with van der Waals surface area (Å²) in [5.41, 5.74) is 9.80. The number of aryl methyl sites for hydroxylation is 1. The van der Waals surface area contributed by atoms with Crippen molar-refractivity contribution in [2.75, 3.05) is 0 Å². The molecule has 0 aliphatic heterocycles. The van der Waals surface area contributed by atoms with Gasteiger partial charge in [0.2, 0.25) is 0 Å². The maximum Gasteiger partial charge on any atom is 0.179 e. The Morgan fingerprint density at radius 2 is 0.967 bits per heavy atom. The second-order valence-corrected chi connectivity index (χ2v) is 19.7. The lowest BCUT2D eigenvalue weighted by Crippen LogP contribution is -2.74. The Kier molecular flexibility index (Phi) is 8.02. The Hall–Kier alpha value is -7.80. The van der Waals surface area contributed by atoms with Gasteiger partial charge in [-0.2, -0.15) is 0 Å². The third kappa shape index (κ3) is 5.26. The maximum atomic E-state index is 5.37. The highest BCUT2D eigenvalue weighted by atomic mass is 28.3. The molecule has 0 radical (unpaired) electrons. The summed E-state index contributed by atoms with van der Waals surface area (Å²) < 4.78 is 7.01. The van der Waals surface area contributed by atoms with Gasteiger partial charge in [0.05, 0.1) is 33.0 Å². The van der Waals surface area contributed by atoms with Crippen LogP contribution in [0.15, 0.2) is 219 Å². The van der Waals surface area contributed by atoms with E-state index in [0.29, 0.717) is 0 Å². The van der Waals surface area contributed by atoms with Crippen molar-refractivity contribution >= 4 is 83.6 Å². The van der Waals surface area contributed by atoms with E-state index in [2.05, 4.69) is 239 Å². The van der Waals surface area contributed by atoms with Gasteiger partial charge in [0.15, 0.2) is 8.07 Å². The molecular formula is C55H39N5Si. The number of rotatable bonds is 7. The number of para-hydroxylation sites is 5. The molecule has 0 unspecified atom stereocenters. The molecule has 8 aromatic carbocycles. The Bertz CT molecular complexity index is 3560. The van der Waals surface area contributed by atoms with E-state index in [1.807, 2.05) is 0 Å². The lowest BCUT2D eigenvalue weighted by Gasteiger charge is -2.35. The predicted octanol–water partition coefficient (Wildman–Crippen LogP) is 10.2. The molecule has 12 aromatic rings. The van der Waals surface area contributed by atoms with E-state index >= 15 is 0 Å². The summed E-state index contributed by atoms with van der Waals surface area (Å²) in [7, 11) is -0.876. The van der Waals surface area contributed by atoms with E-state index in [1.165, 1.54) is 42.6 Å². The summed E-state index contributed by atoms with van der Waals surface area (Å²) in [5.74, 6) is 0.955. The van der Waals surface area contributed by atoms with E-state index in [-0.39, 0.29) is 0 Å². The molecule has 12 rings (SSSR count). The van der Waals surface area contributed by atoms with Crippen LogP contribution in [0.4, 0.5) is 0 Å². The molecule has 0 N–H and O–H groups in total. The molecule has 4 aromatic heterocycles. The molecular weight excluding hydrogens is 759 g/mol. The first-order valence-corrected chi connectivity index (χ1v) is 22.8. The van der Waals surface area contributed by atoms with Crippen LogP contribution in [0.25, 0.3) is 77.5 Å². The standard InChI is InChI=1S/C55H39N5Si/c1-58-51-34-16-13-31-48(51)57-54(58)38-19-17-27-43(35-38)61(41-23-7-3-8-24-41,42-25-9-4-10-26-42)44-28-18-22-40(36-44)60-50-33-15-12-30-46(50)52-53-47(37-56-55(52)60)45-29-11-14-32-49(45)59(53)39-20-5-2-6-21-39/h2-37H,1H3. The van der Waals surface area contributed by atoms with Gasteiger partial charge in [0.1, 0.15) is 11.5 Å². The molecule has 0 saturated carbocycles. The molecule has 5 nitrogen and oxygen atoms in total. The average Bonchev–Trinajstić information content (AvgIpc) is 3.98. The normalized spacial score (nSPS) is 12.0. The summed E-state index contributed by atoms with van der Waals surface area (Å²) in [5, 5.41) is 9.86. The van der Waals surface area contributed by atoms with Gasteiger partial charge >= 0.3 is 0 Å². The van der Waals surface area contributed by atoms with Gasteiger partial charge in [-0.3, -0.25) is 4.57 Å². The fourth-order valence-corrected chi connectivity index (χ4v) is 14.8. The molecule has 0 fully saturated rings. The van der Waals surface area contributed by atoms with Crippen LogP contribution in [0.2, 0.25) is 0 Å². The summed E-state index contributed by atoms with van der Waals surface area (Å²) in [6.07, 6.45) is 2.08. The Morgan fingerprint density at radius 1 is 0.426 bits per heavy atom. The minimum atomic E-state index is -2.99. The number of fused-ring (bicyclic) bond motifs is 8.